The van der Waals surface area contributed by atoms with Crippen molar-refractivity contribution < 1.29 is 4.79 Å². The van der Waals surface area contributed by atoms with Crippen molar-refractivity contribution >= 4 is 6.03 Å². The van der Waals surface area contributed by atoms with Gasteiger partial charge >= 0.3 is 6.03 Å². The number of rotatable bonds is 8. The summed E-state index contributed by atoms with van der Waals surface area (Å²) in [6, 6.07) is 11.4. The molecule has 1 saturated heterocycles. The van der Waals surface area contributed by atoms with Crippen LogP contribution >= 0.6 is 0 Å². The van der Waals surface area contributed by atoms with Gasteiger partial charge in [-0.3, -0.25) is 0 Å². The molecule has 0 radical (unpaired) electrons. The van der Waals surface area contributed by atoms with Gasteiger partial charge in [0.05, 0.1) is 0 Å². The Hall–Kier alpha value is -1.55. The zero-order valence-corrected chi connectivity index (χ0v) is 16.2. The maximum absolute atomic E-state index is 12.3. The molecule has 4 nitrogen and oxygen atoms in total. The molecule has 0 bridgehead atoms. The molecular weight excluding hydrogens is 310 g/mol. The van der Waals surface area contributed by atoms with Gasteiger partial charge in [-0.05, 0) is 71.0 Å². The number of unbranched alkanes of at least 4 members (excludes halogenated alkanes) is 1. The van der Waals surface area contributed by atoms with Gasteiger partial charge in [0.25, 0.3) is 0 Å². The number of urea groups is 1. The monoisotopic (exact) mass is 345 g/mol. The lowest BCUT2D eigenvalue weighted by molar-refractivity contribution is 0.170. The SMILES string of the molecule is CC(C)N(C)CCCCNC(=O)N1CCC(Cc2ccccc2)CC1. The third-order valence-electron chi connectivity index (χ3n) is 5.36. The first-order valence-electron chi connectivity index (χ1n) is 9.83. The normalized spacial score (nSPS) is 15.8. The fourth-order valence-electron chi connectivity index (χ4n) is 3.34. The van der Waals surface area contributed by atoms with E-state index < -0.39 is 0 Å². The van der Waals surface area contributed by atoms with Gasteiger partial charge in [0.2, 0.25) is 0 Å². The van der Waals surface area contributed by atoms with Crippen molar-refractivity contribution in [2.24, 2.45) is 5.92 Å². The molecule has 1 aliphatic heterocycles. The molecule has 0 atom stereocenters. The van der Waals surface area contributed by atoms with Gasteiger partial charge in [-0.25, -0.2) is 4.79 Å². The summed E-state index contributed by atoms with van der Waals surface area (Å²) in [5.74, 6) is 0.707. The van der Waals surface area contributed by atoms with Crippen LogP contribution in [0.4, 0.5) is 4.79 Å². The van der Waals surface area contributed by atoms with Crippen LogP contribution in [0, 0.1) is 5.92 Å². The molecule has 0 aliphatic carbocycles. The minimum absolute atomic E-state index is 0.121. The highest BCUT2D eigenvalue weighted by atomic mass is 16.2. The van der Waals surface area contributed by atoms with E-state index >= 15 is 0 Å². The quantitative estimate of drug-likeness (QED) is 0.728. The van der Waals surface area contributed by atoms with Crippen molar-refractivity contribution in [3.05, 3.63) is 35.9 Å². The summed E-state index contributed by atoms with van der Waals surface area (Å²) in [6.45, 7) is 8.08. The second-order valence-corrected chi connectivity index (χ2v) is 7.63. The summed E-state index contributed by atoms with van der Waals surface area (Å²) < 4.78 is 0. The van der Waals surface area contributed by atoms with Crippen LogP contribution in [-0.4, -0.2) is 55.1 Å². The number of likely N-dealkylation sites (tertiary alicyclic amines) is 1. The Morgan fingerprint density at radius 2 is 1.88 bits per heavy atom. The number of nitrogens with zero attached hydrogens (tertiary/aromatic N) is 2. The van der Waals surface area contributed by atoms with Gasteiger partial charge in [0, 0.05) is 25.7 Å². The van der Waals surface area contributed by atoms with Gasteiger partial charge in [0.15, 0.2) is 0 Å². The van der Waals surface area contributed by atoms with Crippen LogP contribution in [0.3, 0.4) is 0 Å². The molecule has 25 heavy (non-hydrogen) atoms. The van der Waals surface area contributed by atoms with Crippen LogP contribution in [-0.2, 0) is 6.42 Å². The summed E-state index contributed by atoms with van der Waals surface area (Å²) in [4.78, 5) is 16.6. The minimum Gasteiger partial charge on any atom is -0.338 e. The molecule has 1 heterocycles. The first kappa shape index (κ1) is 19.8. The first-order valence-corrected chi connectivity index (χ1v) is 9.83. The molecule has 1 aromatic carbocycles. The Balaban J connectivity index is 1.58. The van der Waals surface area contributed by atoms with Crippen molar-refractivity contribution in [2.45, 2.75) is 52.0 Å². The fourth-order valence-corrected chi connectivity index (χ4v) is 3.34. The molecule has 0 unspecified atom stereocenters. The zero-order chi connectivity index (χ0) is 18.1. The lowest BCUT2D eigenvalue weighted by atomic mass is 9.90. The van der Waals surface area contributed by atoms with E-state index in [4.69, 9.17) is 0 Å². The van der Waals surface area contributed by atoms with Crippen molar-refractivity contribution in [3.8, 4) is 0 Å². The Bertz CT molecular complexity index is 495. The average molecular weight is 346 g/mol. The number of nitrogens with one attached hydrogen (secondary N) is 1. The van der Waals surface area contributed by atoms with E-state index in [2.05, 4.69) is 61.4 Å². The third-order valence-corrected chi connectivity index (χ3v) is 5.36. The molecule has 0 spiro atoms. The van der Waals surface area contributed by atoms with Gasteiger partial charge in [-0.15, -0.1) is 0 Å². The summed E-state index contributed by atoms with van der Waals surface area (Å²) in [5.41, 5.74) is 1.41. The minimum atomic E-state index is 0.121. The number of carbonyl (C=O) groups excluding carboxylic acids is 1. The van der Waals surface area contributed by atoms with Gasteiger partial charge in [-0.2, -0.15) is 0 Å². The van der Waals surface area contributed by atoms with Gasteiger partial charge < -0.3 is 15.1 Å². The predicted molar refractivity (Wildman–Crippen MR) is 105 cm³/mol. The Kier molecular flexibility index (Phi) is 8.26. The lowest BCUT2D eigenvalue weighted by Gasteiger charge is -2.32. The van der Waals surface area contributed by atoms with Crippen molar-refractivity contribution in [1.29, 1.82) is 0 Å². The van der Waals surface area contributed by atoms with Crippen LogP contribution < -0.4 is 5.32 Å². The second kappa shape index (κ2) is 10.4. The zero-order valence-electron chi connectivity index (χ0n) is 16.2. The van der Waals surface area contributed by atoms with Crippen LogP contribution in [0.25, 0.3) is 0 Å². The standard InChI is InChI=1S/C21H35N3O/c1-18(2)23(3)14-8-7-13-22-21(25)24-15-11-20(12-16-24)17-19-9-5-4-6-10-19/h4-6,9-10,18,20H,7-8,11-17H2,1-3H3,(H,22,25). The lowest BCUT2D eigenvalue weighted by Crippen LogP contribution is -2.45. The first-order chi connectivity index (χ1) is 12.1. The molecule has 4 heteroatoms. The number of piperidine rings is 1. The molecule has 1 aromatic rings. The number of hydrogen-bond donors (Lipinski definition) is 1. The third kappa shape index (κ3) is 7.07. The molecule has 140 valence electrons. The van der Waals surface area contributed by atoms with E-state index in [-0.39, 0.29) is 6.03 Å². The Morgan fingerprint density at radius 1 is 1.20 bits per heavy atom. The molecule has 2 rings (SSSR count). The van der Waals surface area contributed by atoms with Crippen LogP contribution in [0.1, 0.15) is 45.1 Å². The topological polar surface area (TPSA) is 35.6 Å². The van der Waals surface area contributed by atoms with Crippen molar-refractivity contribution in [2.75, 3.05) is 33.2 Å². The van der Waals surface area contributed by atoms with Crippen molar-refractivity contribution in [3.63, 3.8) is 0 Å². The van der Waals surface area contributed by atoms with E-state index in [1.807, 2.05) is 4.90 Å². The average Bonchev–Trinajstić information content (AvgIpc) is 2.62. The highest BCUT2D eigenvalue weighted by molar-refractivity contribution is 5.74. The Labute approximate surface area is 153 Å². The Morgan fingerprint density at radius 3 is 2.52 bits per heavy atom. The number of carbonyl (C=O) groups is 1. The number of hydrogen-bond acceptors (Lipinski definition) is 2. The fraction of sp³-hybridized carbons (Fsp3) is 0.667. The van der Waals surface area contributed by atoms with E-state index in [9.17, 15) is 4.79 Å². The van der Waals surface area contributed by atoms with Gasteiger partial charge in [-0.1, -0.05) is 30.3 Å². The van der Waals surface area contributed by atoms with Crippen molar-refractivity contribution in [1.82, 2.24) is 15.1 Å². The molecule has 0 aromatic heterocycles. The smallest absolute Gasteiger partial charge is 0.317 e. The number of benzene rings is 1. The highest BCUT2D eigenvalue weighted by Crippen LogP contribution is 2.21. The summed E-state index contributed by atoms with van der Waals surface area (Å²) in [5, 5.41) is 3.09. The van der Waals surface area contributed by atoms with Crippen LogP contribution in [0.5, 0.6) is 0 Å². The second-order valence-electron chi connectivity index (χ2n) is 7.63. The largest absolute Gasteiger partial charge is 0.338 e. The highest BCUT2D eigenvalue weighted by Gasteiger charge is 2.22. The molecule has 1 N–H and O–H groups in total. The molecule has 0 saturated carbocycles. The van der Waals surface area contributed by atoms with Crippen LogP contribution in [0.15, 0.2) is 30.3 Å². The van der Waals surface area contributed by atoms with Crippen LogP contribution in [0.2, 0.25) is 0 Å². The molecule has 1 aliphatic rings. The van der Waals surface area contributed by atoms with E-state index in [1.165, 1.54) is 5.56 Å². The molecule has 2 amide bonds. The van der Waals surface area contributed by atoms with E-state index in [0.717, 1.165) is 58.3 Å². The van der Waals surface area contributed by atoms with E-state index in [0.29, 0.717) is 12.0 Å². The van der Waals surface area contributed by atoms with Gasteiger partial charge in [0.1, 0.15) is 0 Å². The summed E-state index contributed by atoms with van der Waals surface area (Å²) in [7, 11) is 2.16. The maximum Gasteiger partial charge on any atom is 0.317 e. The molecule has 1 fully saturated rings. The summed E-state index contributed by atoms with van der Waals surface area (Å²) >= 11 is 0. The molecular formula is C21H35N3O. The maximum atomic E-state index is 12.3. The summed E-state index contributed by atoms with van der Waals surface area (Å²) in [6.07, 6.45) is 5.55. The number of amides is 2. The predicted octanol–water partition coefficient (Wildman–Crippen LogP) is 3.77. The van der Waals surface area contributed by atoms with E-state index in [1.54, 1.807) is 0 Å².